The van der Waals surface area contributed by atoms with Gasteiger partial charge in [0.05, 0.1) is 21.7 Å². The Labute approximate surface area is 204 Å². The molecular weight excluding hydrogens is 472 g/mol. The molecule has 2 aromatic carbocycles. The van der Waals surface area contributed by atoms with E-state index >= 15 is 0 Å². The van der Waals surface area contributed by atoms with Crippen LogP contribution in [0.5, 0.6) is 5.75 Å². The van der Waals surface area contributed by atoms with Gasteiger partial charge in [0.15, 0.2) is 5.13 Å². The van der Waals surface area contributed by atoms with Crippen molar-refractivity contribution < 1.29 is 17.9 Å². The van der Waals surface area contributed by atoms with Gasteiger partial charge < -0.3 is 9.64 Å². The summed E-state index contributed by atoms with van der Waals surface area (Å²) in [6, 6.07) is 12.0. The average molecular weight is 503 g/mol. The molecule has 1 aliphatic rings. The molecule has 0 atom stereocenters. The molecule has 34 heavy (non-hydrogen) atoms. The Morgan fingerprint density at radius 1 is 1.09 bits per heavy atom. The number of sulfonamides is 1. The molecule has 0 bridgehead atoms. The van der Waals surface area contributed by atoms with Gasteiger partial charge in [-0.1, -0.05) is 11.3 Å². The highest BCUT2D eigenvalue weighted by Gasteiger charge is 2.35. The zero-order chi connectivity index (χ0) is 24.5. The standard InChI is InChI=1S/C24H30N4O4S2/c1-5-32-19-10-13-21-22(16-19)33-24(25-21)28(15-14-26(2)3)23(29)17-6-11-20(12-7-17)34(30,31)27(4)18-8-9-18/h6-7,10-13,16,18H,5,8-9,14-15H2,1-4H3. The second-order valence-corrected chi connectivity index (χ2v) is 11.6. The van der Waals surface area contributed by atoms with E-state index in [-0.39, 0.29) is 16.8 Å². The summed E-state index contributed by atoms with van der Waals surface area (Å²) in [6.45, 7) is 3.62. The van der Waals surface area contributed by atoms with Crippen molar-refractivity contribution in [1.82, 2.24) is 14.2 Å². The van der Waals surface area contributed by atoms with Gasteiger partial charge in [-0.25, -0.2) is 13.4 Å². The van der Waals surface area contributed by atoms with Gasteiger partial charge in [0, 0.05) is 31.7 Å². The predicted molar refractivity (Wildman–Crippen MR) is 135 cm³/mol. The molecule has 3 aromatic rings. The number of thiazole rings is 1. The summed E-state index contributed by atoms with van der Waals surface area (Å²) in [7, 11) is 1.95. The van der Waals surface area contributed by atoms with Crippen molar-refractivity contribution in [2.24, 2.45) is 0 Å². The number of fused-ring (bicyclic) bond motifs is 1. The highest BCUT2D eigenvalue weighted by Crippen LogP contribution is 2.33. The molecule has 0 saturated heterocycles. The first-order chi connectivity index (χ1) is 16.2. The number of aromatic nitrogens is 1. The summed E-state index contributed by atoms with van der Waals surface area (Å²) in [5.74, 6) is 0.551. The summed E-state index contributed by atoms with van der Waals surface area (Å²) in [5, 5.41) is 0.598. The van der Waals surface area contributed by atoms with Crippen LogP contribution in [0.25, 0.3) is 10.2 Å². The van der Waals surface area contributed by atoms with E-state index in [1.165, 1.54) is 27.8 Å². The molecule has 1 aromatic heterocycles. The fourth-order valence-corrected chi connectivity index (χ4v) is 6.01. The van der Waals surface area contributed by atoms with Crippen molar-refractivity contribution in [3.05, 3.63) is 48.0 Å². The lowest BCUT2D eigenvalue weighted by Crippen LogP contribution is -2.36. The predicted octanol–water partition coefficient (Wildman–Crippen LogP) is 3.69. The lowest BCUT2D eigenvalue weighted by Gasteiger charge is -2.22. The van der Waals surface area contributed by atoms with Crippen LogP contribution in [0.3, 0.4) is 0 Å². The Hall–Kier alpha value is -2.53. The molecule has 1 saturated carbocycles. The van der Waals surface area contributed by atoms with E-state index in [2.05, 4.69) is 0 Å². The van der Waals surface area contributed by atoms with Crippen molar-refractivity contribution in [3.8, 4) is 5.75 Å². The highest BCUT2D eigenvalue weighted by atomic mass is 32.2. The summed E-state index contributed by atoms with van der Waals surface area (Å²) in [6.07, 6.45) is 1.78. The molecule has 1 fully saturated rings. The van der Waals surface area contributed by atoms with E-state index in [4.69, 9.17) is 9.72 Å². The number of hydrogen-bond acceptors (Lipinski definition) is 7. The van der Waals surface area contributed by atoms with E-state index in [9.17, 15) is 13.2 Å². The quantitative estimate of drug-likeness (QED) is 0.421. The van der Waals surface area contributed by atoms with Crippen LogP contribution in [0.2, 0.25) is 0 Å². The lowest BCUT2D eigenvalue weighted by atomic mass is 10.2. The number of anilines is 1. The first kappa shape index (κ1) is 24.6. The minimum atomic E-state index is -3.56. The fourth-order valence-electron chi connectivity index (χ4n) is 3.57. The van der Waals surface area contributed by atoms with Crippen LogP contribution < -0.4 is 9.64 Å². The van der Waals surface area contributed by atoms with Gasteiger partial charge in [-0.3, -0.25) is 9.69 Å². The molecule has 8 nitrogen and oxygen atoms in total. The molecule has 1 amide bonds. The maximum Gasteiger partial charge on any atom is 0.260 e. The molecule has 0 aliphatic heterocycles. The number of rotatable bonds is 10. The summed E-state index contributed by atoms with van der Waals surface area (Å²) in [5.41, 5.74) is 1.22. The molecular formula is C24H30N4O4S2. The van der Waals surface area contributed by atoms with Gasteiger partial charge in [0.25, 0.3) is 5.91 Å². The van der Waals surface area contributed by atoms with Crippen LogP contribution in [0.15, 0.2) is 47.4 Å². The Morgan fingerprint density at radius 2 is 1.79 bits per heavy atom. The number of likely N-dealkylation sites (N-methyl/N-ethyl adjacent to an activating group) is 1. The van der Waals surface area contributed by atoms with Crippen molar-refractivity contribution in [3.63, 3.8) is 0 Å². The highest BCUT2D eigenvalue weighted by molar-refractivity contribution is 7.89. The number of hydrogen-bond donors (Lipinski definition) is 0. The SMILES string of the molecule is CCOc1ccc2nc(N(CCN(C)C)C(=O)c3ccc(S(=O)(=O)N(C)C4CC4)cc3)sc2c1. The minimum Gasteiger partial charge on any atom is -0.494 e. The van der Waals surface area contributed by atoms with Crippen molar-refractivity contribution in [2.45, 2.75) is 30.7 Å². The largest absolute Gasteiger partial charge is 0.494 e. The Morgan fingerprint density at radius 3 is 2.41 bits per heavy atom. The van der Waals surface area contributed by atoms with Gasteiger partial charge in [-0.05, 0) is 76.3 Å². The summed E-state index contributed by atoms with van der Waals surface area (Å²) in [4.78, 5) is 22.1. The normalized spacial score (nSPS) is 14.2. The fraction of sp³-hybridized carbons (Fsp3) is 0.417. The molecule has 1 heterocycles. The summed E-state index contributed by atoms with van der Waals surface area (Å²) < 4.78 is 33.6. The Bertz CT molecular complexity index is 1270. The zero-order valence-corrected chi connectivity index (χ0v) is 21.5. The first-order valence-corrected chi connectivity index (χ1v) is 13.5. The van der Waals surface area contributed by atoms with E-state index in [1.807, 2.05) is 44.1 Å². The van der Waals surface area contributed by atoms with Crippen molar-refractivity contribution in [2.75, 3.05) is 45.7 Å². The van der Waals surface area contributed by atoms with E-state index < -0.39 is 10.0 Å². The molecule has 0 radical (unpaired) electrons. The maximum atomic E-state index is 13.5. The number of amides is 1. The smallest absolute Gasteiger partial charge is 0.260 e. The molecule has 0 N–H and O–H groups in total. The Kier molecular flexibility index (Phi) is 7.22. The third-order valence-corrected chi connectivity index (χ3v) is 8.71. The molecule has 0 spiro atoms. The maximum absolute atomic E-state index is 13.5. The van der Waals surface area contributed by atoms with Gasteiger partial charge in [-0.15, -0.1) is 0 Å². The van der Waals surface area contributed by atoms with Crippen LogP contribution in [0, 0.1) is 0 Å². The minimum absolute atomic E-state index is 0.0788. The number of carbonyl (C=O) groups is 1. The zero-order valence-electron chi connectivity index (χ0n) is 19.9. The van der Waals surface area contributed by atoms with Crippen LogP contribution in [0.4, 0.5) is 5.13 Å². The van der Waals surface area contributed by atoms with Crippen LogP contribution >= 0.6 is 11.3 Å². The van der Waals surface area contributed by atoms with E-state index in [0.717, 1.165) is 28.8 Å². The van der Waals surface area contributed by atoms with Gasteiger partial charge in [-0.2, -0.15) is 4.31 Å². The second kappa shape index (κ2) is 9.99. The monoisotopic (exact) mass is 502 g/mol. The van der Waals surface area contributed by atoms with E-state index in [0.29, 0.717) is 30.4 Å². The van der Waals surface area contributed by atoms with Gasteiger partial charge in [0.1, 0.15) is 5.75 Å². The van der Waals surface area contributed by atoms with E-state index in [1.54, 1.807) is 24.1 Å². The van der Waals surface area contributed by atoms with Crippen LogP contribution in [0.1, 0.15) is 30.1 Å². The number of nitrogens with zero attached hydrogens (tertiary/aromatic N) is 4. The molecule has 182 valence electrons. The van der Waals surface area contributed by atoms with Crippen LogP contribution in [-0.2, 0) is 10.0 Å². The molecule has 10 heteroatoms. The average Bonchev–Trinajstić information content (AvgIpc) is 3.58. The molecule has 4 rings (SSSR count). The van der Waals surface area contributed by atoms with Gasteiger partial charge in [0.2, 0.25) is 10.0 Å². The Balaban J connectivity index is 1.62. The first-order valence-electron chi connectivity index (χ1n) is 11.3. The third-order valence-electron chi connectivity index (χ3n) is 5.75. The van der Waals surface area contributed by atoms with Crippen LogP contribution in [-0.4, -0.2) is 75.4 Å². The summed E-state index contributed by atoms with van der Waals surface area (Å²) >= 11 is 1.43. The number of ether oxygens (including phenoxy) is 1. The number of carbonyl (C=O) groups excluding carboxylic acids is 1. The molecule has 1 aliphatic carbocycles. The number of benzene rings is 2. The third kappa shape index (κ3) is 5.25. The topological polar surface area (TPSA) is 83.0 Å². The molecule has 0 unspecified atom stereocenters. The van der Waals surface area contributed by atoms with Crippen molar-refractivity contribution in [1.29, 1.82) is 0 Å². The van der Waals surface area contributed by atoms with Crippen molar-refractivity contribution >= 4 is 42.6 Å². The second-order valence-electron chi connectivity index (χ2n) is 8.60. The van der Waals surface area contributed by atoms with Gasteiger partial charge >= 0.3 is 0 Å². The lowest BCUT2D eigenvalue weighted by molar-refractivity contribution is 0.0985.